The molecule has 2 aliphatic rings. The second kappa shape index (κ2) is 9.96. The van der Waals surface area contributed by atoms with Gasteiger partial charge >= 0.3 is 0 Å². The summed E-state index contributed by atoms with van der Waals surface area (Å²) in [5.74, 6) is 0.607. The van der Waals surface area contributed by atoms with E-state index in [4.69, 9.17) is 0 Å². The van der Waals surface area contributed by atoms with Crippen molar-refractivity contribution in [2.45, 2.75) is 50.5 Å². The molecule has 0 spiro atoms. The zero-order valence-electron chi connectivity index (χ0n) is 20.3. The Hall–Kier alpha value is -3.58. The van der Waals surface area contributed by atoms with Crippen molar-refractivity contribution in [1.29, 1.82) is 0 Å². The minimum absolute atomic E-state index is 0.564. The van der Waals surface area contributed by atoms with Crippen LogP contribution in [-0.4, -0.2) is 6.04 Å². The highest BCUT2D eigenvalue weighted by molar-refractivity contribution is 5.92. The summed E-state index contributed by atoms with van der Waals surface area (Å²) in [5.41, 5.74) is 9.36. The van der Waals surface area contributed by atoms with Crippen molar-refractivity contribution in [2.24, 2.45) is 0 Å². The number of fused-ring (bicyclic) bond motifs is 3. The maximum Gasteiger partial charge on any atom is 0.0450 e. The molecule has 174 valence electrons. The van der Waals surface area contributed by atoms with E-state index in [1.54, 1.807) is 0 Å². The first-order chi connectivity index (χ1) is 17.4. The van der Waals surface area contributed by atoms with Crippen molar-refractivity contribution in [2.75, 3.05) is 4.90 Å². The summed E-state index contributed by atoms with van der Waals surface area (Å²) in [6.45, 7) is 0. The number of benzene rings is 4. The Labute approximate surface area is 209 Å². The molecule has 1 aliphatic heterocycles. The smallest absolute Gasteiger partial charge is 0.0450 e. The Balaban J connectivity index is 1.46. The third kappa shape index (κ3) is 4.44. The van der Waals surface area contributed by atoms with Gasteiger partial charge in [0.2, 0.25) is 0 Å². The first-order valence-corrected chi connectivity index (χ1v) is 13.2. The van der Waals surface area contributed by atoms with Crippen LogP contribution in [0, 0.1) is 0 Å². The Morgan fingerprint density at radius 2 is 1.23 bits per heavy atom. The van der Waals surface area contributed by atoms with Crippen LogP contribution in [0.15, 0.2) is 109 Å². The summed E-state index contributed by atoms with van der Waals surface area (Å²) in [5, 5.41) is 0. The van der Waals surface area contributed by atoms with Crippen molar-refractivity contribution in [3.63, 3.8) is 0 Å². The van der Waals surface area contributed by atoms with Gasteiger partial charge in [0, 0.05) is 23.3 Å². The molecule has 1 heterocycles. The number of hydrogen-bond donors (Lipinski definition) is 0. The molecular weight excluding hydrogens is 422 g/mol. The molecule has 0 saturated heterocycles. The highest BCUT2D eigenvalue weighted by Gasteiger charge is 2.39. The van der Waals surface area contributed by atoms with Crippen molar-refractivity contribution >= 4 is 23.0 Å². The van der Waals surface area contributed by atoms with Crippen LogP contribution in [0.2, 0.25) is 0 Å². The minimum atomic E-state index is 0.564. The molecule has 2 atom stereocenters. The molecule has 0 amide bonds. The van der Waals surface area contributed by atoms with Gasteiger partial charge in [-0.2, -0.15) is 0 Å². The second-order valence-electron chi connectivity index (χ2n) is 9.98. The van der Waals surface area contributed by atoms with Crippen LogP contribution in [0.25, 0.3) is 11.6 Å². The van der Waals surface area contributed by atoms with Crippen molar-refractivity contribution in [3.8, 4) is 0 Å². The molecule has 0 bridgehead atoms. The third-order valence-corrected chi connectivity index (χ3v) is 7.79. The quantitative estimate of drug-likeness (QED) is 0.277. The Morgan fingerprint density at radius 3 is 1.89 bits per heavy atom. The predicted molar refractivity (Wildman–Crippen MR) is 149 cm³/mol. The fourth-order valence-corrected chi connectivity index (χ4v) is 6.15. The molecule has 0 radical (unpaired) electrons. The maximum atomic E-state index is 2.65. The summed E-state index contributed by atoms with van der Waals surface area (Å²) in [4.78, 5) is 2.65. The van der Waals surface area contributed by atoms with Gasteiger partial charge in [-0.3, -0.25) is 0 Å². The molecule has 1 nitrogen and oxygen atoms in total. The lowest BCUT2D eigenvalue weighted by Gasteiger charge is -2.32. The van der Waals surface area contributed by atoms with Crippen molar-refractivity contribution in [3.05, 3.63) is 131 Å². The van der Waals surface area contributed by atoms with E-state index in [9.17, 15) is 0 Å². The van der Waals surface area contributed by atoms with Crippen LogP contribution < -0.4 is 4.90 Å². The average Bonchev–Trinajstić information content (AvgIpc) is 3.20. The highest BCUT2D eigenvalue weighted by atomic mass is 15.2. The first-order valence-electron chi connectivity index (χ1n) is 13.2. The van der Waals surface area contributed by atoms with E-state index < -0.39 is 0 Å². The van der Waals surface area contributed by atoms with Gasteiger partial charge < -0.3 is 4.90 Å². The normalized spacial score (nSPS) is 19.3. The van der Waals surface area contributed by atoms with Crippen LogP contribution >= 0.6 is 0 Å². The lowest BCUT2D eigenvalue weighted by Crippen LogP contribution is -2.30. The summed E-state index contributed by atoms with van der Waals surface area (Å²) in [7, 11) is 0. The van der Waals surface area contributed by atoms with Gasteiger partial charge in [0.05, 0.1) is 0 Å². The summed E-state index contributed by atoms with van der Waals surface area (Å²) in [6, 6.07) is 40.4. The molecule has 35 heavy (non-hydrogen) atoms. The first kappa shape index (κ1) is 21.9. The molecule has 0 N–H and O–H groups in total. The van der Waals surface area contributed by atoms with E-state index >= 15 is 0 Å². The molecular formula is C34H33N. The topological polar surface area (TPSA) is 3.24 Å². The maximum absolute atomic E-state index is 2.65. The SMILES string of the molecule is C(=C(c1ccccc1)c1ccccc1)c1ccc2c(c1)C1CCCCCCC1N2c1ccccc1. The van der Waals surface area contributed by atoms with Gasteiger partial charge in [-0.1, -0.05) is 111 Å². The van der Waals surface area contributed by atoms with Crippen LogP contribution in [0.1, 0.15) is 66.7 Å². The van der Waals surface area contributed by atoms with Gasteiger partial charge in [-0.25, -0.2) is 0 Å². The lowest BCUT2D eigenvalue weighted by atomic mass is 9.84. The monoisotopic (exact) mass is 455 g/mol. The second-order valence-corrected chi connectivity index (χ2v) is 9.98. The average molecular weight is 456 g/mol. The largest absolute Gasteiger partial charge is 0.338 e. The van der Waals surface area contributed by atoms with E-state index in [0.29, 0.717) is 12.0 Å². The number of anilines is 2. The van der Waals surface area contributed by atoms with Gasteiger partial charge in [-0.05, 0) is 71.0 Å². The highest BCUT2D eigenvalue weighted by Crippen LogP contribution is 2.50. The zero-order chi connectivity index (χ0) is 23.5. The number of hydrogen-bond acceptors (Lipinski definition) is 1. The Kier molecular flexibility index (Phi) is 6.24. The molecule has 2 unspecified atom stereocenters. The molecule has 4 aromatic carbocycles. The molecule has 1 saturated carbocycles. The summed E-state index contributed by atoms with van der Waals surface area (Å²) in [6.07, 6.45) is 10.4. The number of para-hydroxylation sites is 1. The minimum Gasteiger partial charge on any atom is -0.338 e. The number of nitrogens with zero attached hydrogens (tertiary/aromatic N) is 1. The van der Waals surface area contributed by atoms with Crippen LogP contribution in [-0.2, 0) is 0 Å². The van der Waals surface area contributed by atoms with Crippen molar-refractivity contribution < 1.29 is 0 Å². The van der Waals surface area contributed by atoms with Crippen molar-refractivity contribution in [1.82, 2.24) is 0 Å². The van der Waals surface area contributed by atoms with E-state index in [-0.39, 0.29) is 0 Å². The molecule has 1 fully saturated rings. The third-order valence-electron chi connectivity index (χ3n) is 7.79. The Morgan fingerprint density at radius 1 is 0.629 bits per heavy atom. The zero-order valence-corrected chi connectivity index (χ0v) is 20.3. The van der Waals surface area contributed by atoms with E-state index in [0.717, 1.165) is 0 Å². The molecule has 4 aromatic rings. The number of rotatable bonds is 4. The van der Waals surface area contributed by atoms with Crippen LogP contribution in [0.5, 0.6) is 0 Å². The van der Waals surface area contributed by atoms with Gasteiger partial charge in [0.1, 0.15) is 0 Å². The van der Waals surface area contributed by atoms with E-state index in [2.05, 4.69) is 120 Å². The van der Waals surface area contributed by atoms with Gasteiger partial charge in [0.15, 0.2) is 0 Å². The molecule has 0 aromatic heterocycles. The molecule has 1 heteroatoms. The fourth-order valence-electron chi connectivity index (χ4n) is 6.15. The van der Waals surface area contributed by atoms with Gasteiger partial charge in [-0.15, -0.1) is 0 Å². The summed E-state index contributed by atoms with van der Waals surface area (Å²) < 4.78 is 0. The summed E-state index contributed by atoms with van der Waals surface area (Å²) >= 11 is 0. The Bertz CT molecular complexity index is 1250. The van der Waals surface area contributed by atoms with E-state index in [1.807, 2.05) is 0 Å². The van der Waals surface area contributed by atoms with Gasteiger partial charge in [0.25, 0.3) is 0 Å². The molecule has 1 aliphatic carbocycles. The molecule has 6 rings (SSSR count). The standard InChI is InChI=1S/C34H33N/c1-2-13-21-33-30(20-12-1)32-25-26(22-23-34(32)35(33)29-18-10-5-11-19-29)24-31(27-14-6-3-7-15-27)28-16-8-4-9-17-28/h3-11,14-19,22-25,30,33H,1-2,12-13,20-21H2. The predicted octanol–water partition coefficient (Wildman–Crippen LogP) is 9.23. The van der Waals surface area contributed by atoms with Crippen LogP contribution in [0.3, 0.4) is 0 Å². The fraction of sp³-hybridized carbons (Fsp3) is 0.235. The lowest BCUT2D eigenvalue weighted by molar-refractivity contribution is 0.419. The van der Waals surface area contributed by atoms with E-state index in [1.165, 1.54) is 77.7 Å². The van der Waals surface area contributed by atoms with Crippen LogP contribution in [0.4, 0.5) is 11.4 Å².